The van der Waals surface area contributed by atoms with Crippen molar-refractivity contribution < 1.29 is 9.47 Å². The van der Waals surface area contributed by atoms with E-state index in [2.05, 4.69) is 21.0 Å². The zero-order chi connectivity index (χ0) is 15.9. The first-order valence-corrected chi connectivity index (χ1v) is 7.39. The molecule has 2 rings (SSSR count). The standard InChI is InChI=1S/C13H19ClN6O2/c1-3-5-22-12-7-10(14)9(6-11(12)21-4-2)8-16-20-13(15)17-18-19-20/h6-7,16H,3-5,8H2,1-2H3,(H2,15,17,19). The van der Waals surface area contributed by atoms with E-state index in [1.807, 2.05) is 19.9 Å². The molecule has 9 heteroatoms. The molecule has 0 aliphatic rings. The minimum atomic E-state index is 0.170. The third-order valence-corrected chi connectivity index (χ3v) is 3.14. The van der Waals surface area contributed by atoms with Gasteiger partial charge < -0.3 is 20.6 Å². The lowest BCUT2D eigenvalue weighted by Crippen LogP contribution is -2.18. The average molecular weight is 327 g/mol. The molecule has 0 atom stereocenters. The van der Waals surface area contributed by atoms with Crippen LogP contribution in [0.25, 0.3) is 0 Å². The number of benzene rings is 1. The fraction of sp³-hybridized carbons (Fsp3) is 0.462. The molecule has 22 heavy (non-hydrogen) atoms. The molecule has 3 N–H and O–H groups in total. The van der Waals surface area contributed by atoms with Crippen LogP contribution in [0.2, 0.25) is 5.02 Å². The normalized spacial score (nSPS) is 10.5. The molecule has 0 spiro atoms. The summed E-state index contributed by atoms with van der Waals surface area (Å²) in [4.78, 5) is 1.28. The van der Waals surface area contributed by atoms with Crippen LogP contribution in [0.5, 0.6) is 11.5 Å². The average Bonchev–Trinajstić information content (AvgIpc) is 2.91. The highest BCUT2D eigenvalue weighted by Gasteiger charge is 2.12. The summed E-state index contributed by atoms with van der Waals surface area (Å²) in [6.45, 7) is 5.49. The Labute approximate surface area is 133 Å². The highest BCUT2D eigenvalue weighted by Crippen LogP contribution is 2.33. The van der Waals surface area contributed by atoms with Gasteiger partial charge in [-0.2, -0.15) is 0 Å². The largest absolute Gasteiger partial charge is 0.490 e. The van der Waals surface area contributed by atoms with Crippen molar-refractivity contribution in [2.75, 3.05) is 24.4 Å². The van der Waals surface area contributed by atoms with Crippen molar-refractivity contribution in [2.45, 2.75) is 26.8 Å². The number of anilines is 1. The second-order valence-corrected chi connectivity index (χ2v) is 4.86. The van der Waals surface area contributed by atoms with Gasteiger partial charge in [-0.25, -0.2) is 0 Å². The highest BCUT2D eigenvalue weighted by molar-refractivity contribution is 6.31. The predicted octanol–water partition coefficient (Wildman–Crippen LogP) is 1.84. The van der Waals surface area contributed by atoms with Crippen LogP contribution in [-0.4, -0.2) is 33.5 Å². The van der Waals surface area contributed by atoms with Gasteiger partial charge in [0.2, 0.25) is 0 Å². The quantitative estimate of drug-likeness (QED) is 0.763. The molecule has 1 aromatic heterocycles. The number of tetrazole rings is 1. The van der Waals surface area contributed by atoms with Crippen LogP contribution in [0.3, 0.4) is 0 Å². The van der Waals surface area contributed by atoms with Gasteiger partial charge >= 0.3 is 0 Å². The maximum absolute atomic E-state index is 6.29. The Bertz CT molecular complexity index is 619. The number of aromatic nitrogens is 4. The zero-order valence-electron chi connectivity index (χ0n) is 12.5. The lowest BCUT2D eigenvalue weighted by molar-refractivity contribution is 0.276. The van der Waals surface area contributed by atoms with Crippen molar-refractivity contribution in [3.8, 4) is 11.5 Å². The van der Waals surface area contributed by atoms with Crippen LogP contribution in [0.15, 0.2) is 12.1 Å². The minimum Gasteiger partial charge on any atom is -0.490 e. The monoisotopic (exact) mass is 326 g/mol. The smallest absolute Gasteiger partial charge is 0.260 e. The van der Waals surface area contributed by atoms with Crippen molar-refractivity contribution in [3.63, 3.8) is 0 Å². The lowest BCUT2D eigenvalue weighted by Gasteiger charge is -2.15. The molecule has 1 aromatic carbocycles. The van der Waals surface area contributed by atoms with E-state index >= 15 is 0 Å². The summed E-state index contributed by atoms with van der Waals surface area (Å²) in [5.41, 5.74) is 9.37. The third-order valence-electron chi connectivity index (χ3n) is 2.79. The topological polar surface area (TPSA) is 100 Å². The predicted molar refractivity (Wildman–Crippen MR) is 83.7 cm³/mol. The molecule has 0 radical (unpaired) electrons. The van der Waals surface area contributed by atoms with Crippen molar-refractivity contribution >= 4 is 17.5 Å². The van der Waals surface area contributed by atoms with E-state index in [0.29, 0.717) is 36.3 Å². The summed E-state index contributed by atoms with van der Waals surface area (Å²) >= 11 is 6.29. The van der Waals surface area contributed by atoms with Crippen molar-refractivity contribution in [1.82, 2.24) is 20.3 Å². The number of nitrogens with two attached hydrogens (primary N) is 1. The number of hydrogen-bond acceptors (Lipinski definition) is 7. The second kappa shape index (κ2) is 7.69. The summed E-state index contributed by atoms with van der Waals surface area (Å²) in [7, 11) is 0. The van der Waals surface area contributed by atoms with Gasteiger partial charge in [-0.3, -0.25) is 0 Å². The van der Waals surface area contributed by atoms with Crippen LogP contribution in [0.4, 0.5) is 5.95 Å². The number of nitrogen functional groups attached to an aromatic ring is 1. The first kappa shape index (κ1) is 16.2. The van der Waals surface area contributed by atoms with Gasteiger partial charge in [0.15, 0.2) is 11.5 Å². The summed E-state index contributed by atoms with van der Waals surface area (Å²) < 4.78 is 11.3. The van der Waals surface area contributed by atoms with E-state index in [1.54, 1.807) is 6.07 Å². The Morgan fingerprint density at radius 1 is 1.27 bits per heavy atom. The molecule has 120 valence electrons. The number of hydrogen-bond donors (Lipinski definition) is 2. The zero-order valence-corrected chi connectivity index (χ0v) is 13.3. The molecular formula is C13H19ClN6O2. The van der Waals surface area contributed by atoms with Gasteiger partial charge in [-0.1, -0.05) is 23.6 Å². The van der Waals surface area contributed by atoms with Crippen molar-refractivity contribution in [2.24, 2.45) is 0 Å². The van der Waals surface area contributed by atoms with Gasteiger partial charge in [0.25, 0.3) is 5.95 Å². The Balaban J connectivity index is 2.16. The number of nitrogens with one attached hydrogen (secondary N) is 1. The Morgan fingerprint density at radius 3 is 2.68 bits per heavy atom. The first-order valence-electron chi connectivity index (χ1n) is 7.01. The van der Waals surface area contributed by atoms with Gasteiger partial charge in [0, 0.05) is 11.1 Å². The van der Waals surface area contributed by atoms with Crippen LogP contribution < -0.4 is 20.6 Å². The van der Waals surface area contributed by atoms with E-state index in [4.69, 9.17) is 26.8 Å². The fourth-order valence-electron chi connectivity index (χ4n) is 1.77. The molecule has 8 nitrogen and oxygen atoms in total. The van der Waals surface area contributed by atoms with Crippen molar-refractivity contribution in [3.05, 3.63) is 22.7 Å². The van der Waals surface area contributed by atoms with E-state index in [-0.39, 0.29) is 5.95 Å². The number of nitrogens with zero attached hydrogens (tertiary/aromatic N) is 4. The maximum Gasteiger partial charge on any atom is 0.260 e. The molecule has 0 amide bonds. The molecule has 0 fully saturated rings. The molecule has 0 aliphatic heterocycles. The first-order chi connectivity index (χ1) is 10.7. The van der Waals surface area contributed by atoms with Gasteiger partial charge in [0.05, 0.1) is 19.8 Å². The molecule has 1 heterocycles. The third kappa shape index (κ3) is 3.91. The van der Waals surface area contributed by atoms with Gasteiger partial charge in [-0.15, -0.1) is 4.79 Å². The van der Waals surface area contributed by atoms with Gasteiger partial charge in [0.1, 0.15) is 0 Å². The van der Waals surface area contributed by atoms with Crippen LogP contribution in [0, 0.1) is 0 Å². The van der Waals surface area contributed by atoms with E-state index < -0.39 is 0 Å². The molecule has 0 bridgehead atoms. The van der Waals surface area contributed by atoms with Crippen LogP contribution >= 0.6 is 11.6 Å². The maximum atomic E-state index is 6.29. The Hall–Kier alpha value is -2.22. The Kier molecular flexibility index (Phi) is 5.65. The molecule has 0 aliphatic carbocycles. The second-order valence-electron chi connectivity index (χ2n) is 4.46. The number of rotatable bonds is 8. The molecule has 0 saturated heterocycles. The molecular weight excluding hydrogens is 308 g/mol. The fourth-order valence-corrected chi connectivity index (χ4v) is 1.99. The minimum absolute atomic E-state index is 0.170. The van der Waals surface area contributed by atoms with E-state index in [0.717, 1.165) is 12.0 Å². The van der Waals surface area contributed by atoms with E-state index in [9.17, 15) is 0 Å². The summed E-state index contributed by atoms with van der Waals surface area (Å²) in [5.74, 6) is 1.46. The van der Waals surface area contributed by atoms with E-state index in [1.165, 1.54) is 4.79 Å². The molecule has 0 saturated carbocycles. The summed E-state index contributed by atoms with van der Waals surface area (Å²) in [5, 5.41) is 11.3. The lowest BCUT2D eigenvalue weighted by atomic mass is 10.2. The van der Waals surface area contributed by atoms with Crippen LogP contribution in [-0.2, 0) is 6.54 Å². The number of ether oxygens (including phenoxy) is 2. The summed E-state index contributed by atoms with van der Waals surface area (Å²) in [6.07, 6.45) is 0.908. The highest BCUT2D eigenvalue weighted by atomic mass is 35.5. The van der Waals surface area contributed by atoms with Gasteiger partial charge in [-0.05, 0) is 35.4 Å². The Morgan fingerprint density at radius 2 is 2.05 bits per heavy atom. The summed E-state index contributed by atoms with van der Waals surface area (Å²) in [6, 6.07) is 3.59. The molecule has 2 aromatic rings. The number of halogens is 1. The SMILES string of the molecule is CCCOc1cc(Cl)c(CNn2nnnc2N)cc1OCC. The van der Waals surface area contributed by atoms with Crippen molar-refractivity contribution in [1.29, 1.82) is 0 Å². The van der Waals surface area contributed by atoms with Crippen LogP contribution in [0.1, 0.15) is 25.8 Å². The molecule has 0 unspecified atom stereocenters.